The molecule has 3 rings (SSSR count). The van der Waals surface area contributed by atoms with Crippen LogP contribution in [0.15, 0.2) is 47.6 Å². The molecule has 0 fully saturated rings. The summed E-state index contributed by atoms with van der Waals surface area (Å²) in [4.78, 5) is 8.70. The Bertz CT molecular complexity index is 737. The Kier molecular flexibility index (Phi) is 6.55. The van der Waals surface area contributed by atoms with Gasteiger partial charge in [0.15, 0.2) is 23.6 Å². The maximum atomic E-state index is 5.94. The molecule has 0 radical (unpaired) electrons. The highest BCUT2D eigenvalue weighted by molar-refractivity contribution is 6.29. The van der Waals surface area contributed by atoms with Gasteiger partial charge in [0.2, 0.25) is 0 Å². The van der Waals surface area contributed by atoms with E-state index in [4.69, 9.17) is 21.1 Å². The number of pyridine rings is 1. The first-order chi connectivity index (χ1) is 12.7. The Labute approximate surface area is 158 Å². The Hall–Kier alpha value is -2.47. The Morgan fingerprint density at radius 3 is 2.85 bits per heavy atom. The normalized spacial score (nSPS) is 16.2. The molecule has 0 saturated carbocycles. The van der Waals surface area contributed by atoms with Gasteiger partial charge in [-0.1, -0.05) is 29.8 Å². The third kappa shape index (κ3) is 5.26. The fourth-order valence-electron chi connectivity index (χ4n) is 2.57. The molecule has 1 aromatic heterocycles. The second-order valence-electron chi connectivity index (χ2n) is 5.88. The molecule has 2 aromatic rings. The van der Waals surface area contributed by atoms with E-state index in [1.165, 1.54) is 0 Å². The van der Waals surface area contributed by atoms with Gasteiger partial charge in [-0.3, -0.25) is 0 Å². The third-order valence-corrected chi connectivity index (χ3v) is 4.08. The number of fused-ring (bicyclic) bond motifs is 1. The van der Waals surface area contributed by atoms with Crippen LogP contribution in [-0.2, 0) is 6.42 Å². The molecule has 0 bridgehead atoms. The van der Waals surface area contributed by atoms with Gasteiger partial charge in [-0.25, -0.2) is 9.98 Å². The number of hydrogen-bond donors (Lipinski definition) is 2. The van der Waals surface area contributed by atoms with E-state index in [-0.39, 0.29) is 6.10 Å². The van der Waals surface area contributed by atoms with Gasteiger partial charge in [0.05, 0.1) is 6.54 Å². The number of aromatic nitrogens is 1. The van der Waals surface area contributed by atoms with Crippen molar-refractivity contribution in [1.82, 2.24) is 15.6 Å². The minimum Gasteiger partial charge on any atom is -0.486 e. The number of ether oxygens (including phenoxy) is 2. The first kappa shape index (κ1) is 18.3. The molecule has 1 aliphatic heterocycles. The molecular formula is C19H23ClN4O2. The minimum atomic E-state index is -0.0965. The summed E-state index contributed by atoms with van der Waals surface area (Å²) in [7, 11) is 0. The van der Waals surface area contributed by atoms with Gasteiger partial charge in [-0.2, -0.15) is 0 Å². The summed E-state index contributed by atoms with van der Waals surface area (Å²) in [6.45, 7) is 4.60. The molecule has 26 heavy (non-hydrogen) atoms. The number of para-hydroxylation sites is 2. The van der Waals surface area contributed by atoms with Crippen LogP contribution < -0.4 is 20.1 Å². The van der Waals surface area contributed by atoms with Crippen molar-refractivity contribution in [3.8, 4) is 11.5 Å². The molecule has 0 saturated heterocycles. The first-order valence-electron chi connectivity index (χ1n) is 8.75. The number of nitrogens with one attached hydrogen (secondary N) is 2. The quantitative estimate of drug-likeness (QED) is 0.462. The fraction of sp³-hybridized carbons (Fsp3) is 0.368. The highest BCUT2D eigenvalue weighted by Gasteiger charge is 2.20. The summed E-state index contributed by atoms with van der Waals surface area (Å²) in [5, 5.41) is 7.07. The van der Waals surface area contributed by atoms with E-state index in [2.05, 4.69) is 20.6 Å². The number of halogens is 1. The van der Waals surface area contributed by atoms with E-state index >= 15 is 0 Å². The molecule has 2 N–H and O–H groups in total. The van der Waals surface area contributed by atoms with Crippen LogP contribution in [0.4, 0.5) is 0 Å². The van der Waals surface area contributed by atoms with Crippen LogP contribution in [-0.4, -0.2) is 43.3 Å². The van der Waals surface area contributed by atoms with Gasteiger partial charge in [0.1, 0.15) is 11.8 Å². The molecule has 0 amide bonds. The molecule has 7 heteroatoms. The van der Waals surface area contributed by atoms with Crippen LogP contribution in [0.2, 0.25) is 5.15 Å². The Morgan fingerprint density at radius 2 is 2.08 bits per heavy atom. The van der Waals surface area contributed by atoms with Gasteiger partial charge in [-0.05, 0) is 37.1 Å². The van der Waals surface area contributed by atoms with E-state index in [1.54, 1.807) is 12.3 Å². The molecule has 1 aromatic carbocycles. The molecule has 138 valence electrons. The summed E-state index contributed by atoms with van der Waals surface area (Å²) in [5.41, 5.74) is 1.12. The molecule has 0 spiro atoms. The predicted octanol–water partition coefficient (Wildman–Crippen LogP) is 2.67. The van der Waals surface area contributed by atoms with Crippen LogP contribution >= 0.6 is 11.6 Å². The fourth-order valence-corrected chi connectivity index (χ4v) is 2.68. The zero-order valence-corrected chi connectivity index (χ0v) is 15.5. The summed E-state index contributed by atoms with van der Waals surface area (Å²) < 4.78 is 11.7. The van der Waals surface area contributed by atoms with Crippen molar-refractivity contribution in [2.24, 2.45) is 4.99 Å². The van der Waals surface area contributed by atoms with Gasteiger partial charge >= 0.3 is 0 Å². The largest absolute Gasteiger partial charge is 0.486 e. The number of benzene rings is 1. The van der Waals surface area contributed by atoms with E-state index in [0.717, 1.165) is 42.5 Å². The molecule has 1 unspecified atom stereocenters. The molecule has 1 aliphatic rings. The van der Waals surface area contributed by atoms with Crippen molar-refractivity contribution in [3.63, 3.8) is 0 Å². The highest BCUT2D eigenvalue weighted by atomic mass is 35.5. The molecule has 2 heterocycles. The zero-order chi connectivity index (χ0) is 18.2. The van der Waals surface area contributed by atoms with Crippen LogP contribution in [0.5, 0.6) is 11.5 Å². The number of guanidine groups is 1. The Morgan fingerprint density at radius 1 is 1.23 bits per heavy atom. The average Bonchev–Trinajstić information content (AvgIpc) is 2.67. The first-order valence-corrected chi connectivity index (χ1v) is 9.13. The molecule has 6 nitrogen and oxygen atoms in total. The lowest BCUT2D eigenvalue weighted by molar-refractivity contribution is 0.0971. The van der Waals surface area contributed by atoms with E-state index in [0.29, 0.717) is 18.3 Å². The number of hydrogen-bond acceptors (Lipinski definition) is 4. The second kappa shape index (κ2) is 9.29. The lowest BCUT2D eigenvalue weighted by atomic mass is 10.2. The Balaban J connectivity index is 1.50. The summed E-state index contributed by atoms with van der Waals surface area (Å²) in [5.74, 6) is 2.32. The van der Waals surface area contributed by atoms with E-state index in [1.807, 2.05) is 37.3 Å². The summed E-state index contributed by atoms with van der Waals surface area (Å²) >= 11 is 5.81. The maximum Gasteiger partial charge on any atom is 0.191 e. The molecule has 0 aliphatic carbocycles. The SMILES string of the molecule is CCNC(=NCC1COc2ccccc2O1)NCCc1ccc(Cl)nc1. The second-order valence-corrected chi connectivity index (χ2v) is 6.27. The summed E-state index contributed by atoms with van der Waals surface area (Å²) in [6.07, 6.45) is 2.53. The van der Waals surface area contributed by atoms with Crippen LogP contribution in [0.1, 0.15) is 12.5 Å². The smallest absolute Gasteiger partial charge is 0.191 e. The maximum absolute atomic E-state index is 5.94. The lowest BCUT2D eigenvalue weighted by Gasteiger charge is -2.25. The third-order valence-electron chi connectivity index (χ3n) is 3.86. The number of nitrogens with zero attached hydrogens (tertiary/aromatic N) is 2. The molecular weight excluding hydrogens is 352 g/mol. The predicted molar refractivity (Wildman–Crippen MR) is 103 cm³/mol. The summed E-state index contributed by atoms with van der Waals surface area (Å²) in [6, 6.07) is 11.5. The van der Waals surface area contributed by atoms with Gasteiger partial charge in [0, 0.05) is 19.3 Å². The average molecular weight is 375 g/mol. The van der Waals surface area contributed by atoms with Crippen molar-refractivity contribution >= 4 is 17.6 Å². The lowest BCUT2D eigenvalue weighted by Crippen LogP contribution is -2.40. The minimum absolute atomic E-state index is 0.0965. The molecule has 1 atom stereocenters. The van der Waals surface area contributed by atoms with Crippen LogP contribution in [0.3, 0.4) is 0 Å². The van der Waals surface area contributed by atoms with Crippen molar-refractivity contribution in [2.75, 3.05) is 26.2 Å². The van der Waals surface area contributed by atoms with Crippen molar-refractivity contribution in [1.29, 1.82) is 0 Å². The highest BCUT2D eigenvalue weighted by Crippen LogP contribution is 2.30. The van der Waals surface area contributed by atoms with Gasteiger partial charge in [0.25, 0.3) is 0 Å². The number of rotatable bonds is 6. The number of aliphatic imine (C=N–C) groups is 1. The van der Waals surface area contributed by atoms with E-state index < -0.39 is 0 Å². The van der Waals surface area contributed by atoms with E-state index in [9.17, 15) is 0 Å². The van der Waals surface area contributed by atoms with Crippen molar-refractivity contribution in [2.45, 2.75) is 19.4 Å². The zero-order valence-electron chi connectivity index (χ0n) is 14.7. The van der Waals surface area contributed by atoms with Crippen LogP contribution in [0.25, 0.3) is 0 Å². The van der Waals surface area contributed by atoms with Crippen molar-refractivity contribution < 1.29 is 9.47 Å². The standard InChI is InChI=1S/C19H23ClN4O2/c1-2-21-19(22-10-9-14-7-8-18(20)23-11-14)24-12-15-13-25-16-5-3-4-6-17(16)26-15/h3-8,11,15H,2,9-10,12-13H2,1H3,(H2,21,22,24). The monoisotopic (exact) mass is 374 g/mol. The topological polar surface area (TPSA) is 67.8 Å². The van der Waals surface area contributed by atoms with Crippen LogP contribution in [0, 0.1) is 0 Å². The van der Waals surface area contributed by atoms with Gasteiger partial charge < -0.3 is 20.1 Å². The van der Waals surface area contributed by atoms with Crippen molar-refractivity contribution in [3.05, 3.63) is 53.3 Å². The van der Waals surface area contributed by atoms with Gasteiger partial charge in [-0.15, -0.1) is 0 Å².